The van der Waals surface area contributed by atoms with Crippen molar-refractivity contribution in [1.82, 2.24) is 9.55 Å². The Labute approximate surface area is 205 Å². The Morgan fingerprint density at radius 1 is 1.17 bits per heavy atom. The average molecular weight is 486 g/mol. The minimum atomic E-state index is -0.723. The van der Waals surface area contributed by atoms with E-state index in [1.807, 2.05) is 19.1 Å². The number of anilines is 1. The molecule has 190 valence electrons. The minimum absolute atomic E-state index is 0.0421. The van der Waals surface area contributed by atoms with E-state index in [1.54, 1.807) is 4.90 Å². The lowest BCUT2D eigenvalue weighted by molar-refractivity contribution is -0.143. The zero-order valence-electron chi connectivity index (χ0n) is 20.6. The highest BCUT2D eigenvalue weighted by atomic mass is 16.5. The number of carbonyl (C=O) groups is 2. The number of carbonyl (C=O) groups excluding carboxylic acids is 1. The third-order valence-electron chi connectivity index (χ3n) is 7.88. The zero-order valence-corrected chi connectivity index (χ0v) is 20.6. The van der Waals surface area contributed by atoms with E-state index in [0.717, 1.165) is 66.6 Å². The number of aryl methyl sites for hydroxylation is 1. The van der Waals surface area contributed by atoms with Crippen molar-refractivity contribution in [2.75, 3.05) is 25.2 Å². The molecule has 0 bridgehead atoms. The van der Waals surface area contributed by atoms with E-state index in [0.29, 0.717) is 32.7 Å². The number of hydrogen-bond acceptors (Lipinski definition) is 6. The highest BCUT2D eigenvalue weighted by Gasteiger charge is 2.34. The van der Waals surface area contributed by atoms with E-state index in [2.05, 4.69) is 4.57 Å². The van der Waals surface area contributed by atoms with Crippen molar-refractivity contribution in [3.63, 3.8) is 0 Å². The summed E-state index contributed by atoms with van der Waals surface area (Å²) in [5, 5.41) is 9.69. The number of amides is 1. The Bertz CT molecular complexity index is 1090. The number of aliphatic carboxylic acids is 1. The molecule has 2 aliphatic heterocycles. The van der Waals surface area contributed by atoms with Crippen LogP contribution in [0.2, 0.25) is 0 Å². The molecule has 0 radical (unpaired) electrons. The molecule has 1 aromatic heterocycles. The molecule has 2 aromatic rings. The van der Waals surface area contributed by atoms with Crippen LogP contribution in [0.15, 0.2) is 12.1 Å². The lowest BCUT2D eigenvalue weighted by atomic mass is 9.85. The van der Waals surface area contributed by atoms with Gasteiger partial charge in [0, 0.05) is 30.9 Å². The van der Waals surface area contributed by atoms with Gasteiger partial charge in [-0.15, -0.1) is 0 Å². The van der Waals surface area contributed by atoms with Crippen molar-refractivity contribution < 1.29 is 28.9 Å². The summed E-state index contributed by atoms with van der Waals surface area (Å²) < 4.78 is 19.0. The topological polar surface area (TPSA) is 103 Å². The summed E-state index contributed by atoms with van der Waals surface area (Å²) in [6.45, 7) is 3.82. The molecule has 2 fully saturated rings. The van der Waals surface area contributed by atoms with Crippen LogP contribution < -0.4 is 4.90 Å². The lowest BCUT2D eigenvalue weighted by Gasteiger charge is -2.34. The number of carboxylic acids is 1. The highest BCUT2D eigenvalue weighted by Crippen LogP contribution is 2.40. The highest BCUT2D eigenvalue weighted by molar-refractivity contribution is 5.95. The van der Waals surface area contributed by atoms with Gasteiger partial charge in [0.05, 0.1) is 35.9 Å². The Morgan fingerprint density at radius 3 is 2.71 bits per heavy atom. The maximum Gasteiger partial charge on any atom is 0.414 e. The second kappa shape index (κ2) is 10.1. The van der Waals surface area contributed by atoms with Crippen LogP contribution in [-0.2, 0) is 32.0 Å². The number of imidazole rings is 1. The number of aromatic nitrogens is 2. The Kier molecular flexibility index (Phi) is 6.98. The predicted molar refractivity (Wildman–Crippen MR) is 130 cm³/mol. The monoisotopic (exact) mass is 485 g/mol. The molecule has 1 aromatic carbocycles. The number of nitrogens with zero attached hydrogens (tertiary/aromatic N) is 3. The second-order valence-corrected chi connectivity index (χ2v) is 10.0. The second-order valence-electron chi connectivity index (χ2n) is 10.0. The molecule has 1 amide bonds. The third kappa shape index (κ3) is 4.63. The number of fused-ring (bicyclic) bond motifs is 3. The van der Waals surface area contributed by atoms with Crippen molar-refractivity contribution >= 4 is 28.8 Å². The van der Waals surface area contributed by atoms with E-state index in [-0.39, 0.29) is 30.2 Å². The first-order chi connectivity index (χ1) is 17.0. The van der Waals surface area contributed by atoms with Crippen molar-refractivity contribution in [3.05, 3.63) is 23.5 Å². The fourth-order valence-corrected chi connectivity index (χ4v) is 5.99. The Balaban J connectivity index is 1.56. The standard InChI is InChI=1S/C26H35N3O6/c1-16-6-7-20-21(28(16)26(32)33-2)8-9-22-24(20)27-23(15-35-19-10-12-34-13-11-19)29(22)18-5-3-4-17(14-18)25(30)31/h8-9,16-19H,3-7,10-15H2,1-2H3,(H,30,31)/t16?,17-,18-/m1/s1. The van der Waals surface area contributed by atoms with Crippen LogP contribution in [0.3, 0.4) is 0 Å². The van der Waals surface area contributed by atoms with Crippen LogP contribution in [0.5, 0.6) is 0 Å². The molecule has 1 saturated heterocycles. The van der Waals surface area contributed by atoms with Crippen molar-refractivity contribution in [2.45, 2.75) is 83.1 Å². The van der Waals surface area contributed by atoms with Gasteiger partial charge in [0.15, 0.2) is 0 Å². The molecule has 3 aliphatic rings. The number of benzene rings is 1. The van der Waals surface area contributed by atoms with Gasteiger partial charge in [-0.2, -0.15) is 0 Å². The number of rotatable bonds is 5. The largest absolute Gasteiger partial charge is 0.481 e. The number of hydrogen-bond donors (Lipinski definition) is 1. The van der Waals surface area contributed by atoms with E-state index in [4.69, 9.17) is 19.2 Å². The first-order valence-corrected chi connectivity index (χ1v) is 12.8. The molecule has 35 heavy (non-hydrogen) atoms. The molecule has 1 aliphatic carbocycles. The summed E-state index contributed by atoms with van der Waals surface area (Å²) in [6.07, 6.45) is 6.26. The van der Waals surface area contributed by atoms with Gasteiger partial charge in [0.2, 0.25) is 0 Å². The summed E-state index contributed by atoms with van der Waals surface area (Å²) in [5.41, 5.74) is 3.76. The summed E-state index contributed by atoms with van der Waals surface area (Å²) in [6, 6.07) is 4.11. The SMILES string of the molecule is COC(=O)N1c2ccc3c(nc(COC4CCOCC4)n3[C@@H]3CCC[C@@H](C(=O)O)C3)c2CCC1C. The van der Waals surface area contributed by atoms with Crippen LogP contribution in [0, 0.1) is 5.92 Å². The molecule has 5 rings (SSSR count). The predicted octanol–water partition coefficient (Wildman–Crippen LogP) is 4.46. The summed E-state index contributed by atoms with van der Waals surface area (Å²) in [4.78, 5) is 31.2. The van der Waals surface area contributed by atoms with E-state index in [9.17, 15) is 14.7 Å². The van der Waals surface area contributed by atoms with Crippen LogP contribution in [-0.4, -0.2) is 59.2 Å². The number of carboxylic acid groups (broad SMARTS) is 1. The molecule has 9 nitrogen and oxygen atoms in total. The molecule has 1 N–H and O–H groups in total. The molecular formula is C26H35N3O6. The molecule has 9 heteroatoms. The van der Waals surface area contributed by atoms with Crippen LogP contribution in [0.4, 0.5) is 10.5 Å². The quantitative estimate of drug-likeness (QED) is 0.667. The van der Waals surface area contributed by atoms with Gasteiger partial charge in [-0.25, -0.2) is 9.78 Å². The summed E-state index contributed by atoms with van der Waals surface area (Å²) in [7, 11) is 1.41. The minimum Gasteiger partial charge on any atom is -0.481 e. The Hall–Kier alpha value is -2.65. The van der Waals surface area contributed by atoms with Gasteiger partial charge in [0.25, 0.3) is 0 Å². The smallest absolute Gasteiger partial charge is 0.414 e. The molecule has 1 unspecified atom stereocenters. The third-order valence-corrected chi connectivity index (χ3v) is 7.88. The normalized spacial score (nSPS) is 25.4. The van der Waals surface area contributed by atoms with Crippen molar-refractivity contribution in [2.24, 2.45) is 5.92 Å². The maximum absolute atomic E-state index is 12.6. The van der Waals surface area contributed by atoms with Crippen LogP contribution >= 0.6 is 0 Å². The molecule has 3 atom stereocenters. The lowest BCUT2D eigenvalue weighted by Crippen LogP contribution is -2.42. The molecule has 0 spiro atoms. The van der Waals surface area contributed by atoms with Gasteiger partial charge in [-0.1, -0.05) is 6.42 Å². The average Bonchev–Trinajstić information content (AvgIpc) is 3.26. The molecular weight excluding hydrogens is 450 g/mol. The number of ether oxygens (including phenoxy) is 3. The fourth-order valence-electron chi connectivity index (χ4n) is 5.99. The summed E-state index contributed by atoms with van der Waals surface area (Å²) >= 11 is 0. The van der Waals surface area contributed by atoms with Gasteiger partial charge in [-0.05, 0) is 64.0 Å². The molecule has 1 saturated carbocycles. The van der Waals surface area contributed by atoms with Gasteiger partial charge < -0.3 is 23.9 Å². The maximum atomic E-state index is 12.6. The first-order valence-electron chi connectivity index (χ1n) is 12.8. The molecule has 3 heterocycles. The fraction of sp³-hybridized carbons (Fsp3) is 0.654. The van der Waals surface area contributed by atoms with E-state index < -0.39 is 5.97 Å². The summed E-state index contributed by atoms with van der Waals surface area (Å²) in [5.74, 6) is -0.234. The van der Waals surface area contributed by atoms with Gasteiger partial charge in [-0.3, -0.25) is 9.69 Å². The van der Waals surface area contributed by atoms with Gasteiger partial charge in [0.1, 0.15) is 12.4 Å². The number of methoxy groups -OCH3 is 1. The van der Waals surface area contributed by atoms with Crippen molar-refractivity contribution in [1.29, 1.82) is 0 Å². The first kappa shape index (κ1) is 24.1. The van der Waals surface area contributed by atoms with Gasteiger partial charge >= 0.3 is 12.1 Å². The van der Waals surface area contributed by atoms with Crippen LogP contribution in [0.1, 0.15) is 69.3 Å². The van der Waals surface area contributed by atoms with Crippen LogP contribution in [0.25, 0.3) is 11.0 Å². The van der Waals surface area contributed by atoms with E-state index in [1.165, 1.54) is 7.11 Å². The Morgan fingerprint density at radius 2 is 1.97 bits per heavy atom. The van der Waals surface area contributed by atoms with E-state index >= 15 is 0 Å². The van der Waals surface area contributed by atoms with Crippen molar-refractivity contribution in [3.8, 4) is 0 Å². The zero-order chi connectivity index (χ0) is 24.5.